The Morgan fingerprint density at radius 3 is 2.69 bits per heavy atom. The first-order valence-electron chi connectivity index (χ1n) is 11.5. The molecule has 0 saturated carbocycles. The molecule has 4 unspecified atom stereocenters. The van der Waals surface area contributed by atoms with E-state index in [1.54, 1.807) is 17.7 Å². The number of hydrogen-bond acceptors (Lipinski definition) is 9. The number of anilines is 1. The van der Waals surface area contributed by atoms with Crippen LogP contribution in [-0.4, -0.2) is 64.3 Å². The van der Waals surface area contributed by atoms with Crippen LogP contribution in [0.25, 0.3) is 16.7 Å². The lowest BCUT2D eigenvalue weighted by Gasteiger charge is -2.37. The van der Waals surface area contributed by atoms with Crippen LogP contribution in [0.3, 0.4) is 0 Å². The van der Waals surface area contributed by atoms with E-state index >= 15 is 0 Å². The molecule has 4 N–H and O–H groups in total. The molecule has 1 amide bonds. The number of aromatic nitrogens is 3. The molecule has 12 heteroatoms. The second-order valence-corrected chi connectivity index (χ2v) is 15.6. The summed E-state index contributed by atoms with van der Waals surface area (Å²) in [7, 11) is -2.15. The number of hydrogen-bond donors (Lipinski definition) is 3. The van der Waals surface area contributed by atoms with Gasteiger partial charge in [0.05, 0.1) is 12.0 Å². The van der Waals surface area contributed by atoms with Gasteiger partial charge in [-0.15, -0.1) is 0 Å². The van der Waals surface area contributed by atoms with Gasteiger partial charge in [-0.3, -0.25) is 9.59 Å². The van der Waals surface area contributed by atoms with E-state index in [-0.39, 0.29) is 17.3 Å². The maximum absolute atomic E-state index is 12.1. The van der Waals surface area contributed by atoms with Gasteiger partial charge in [0.15, 0.2) is 20.6 Å². The number of carbonyl (C=O) groups excluding carboxylic acids is 2. The Hall–Kier alpha value is -2.80. The fraction of sp³-hybridized carbons (Fsp3) is 0.565. The molecule has 35 heavy (non-hydrogen) atoms. The average molecular weight is 504 g/mol. The van der Waals surface area contributed by atoms with Gasteiger partial charge in [-0.1, -0.05) is 20.8 Å². The van der Waals surface area contributed by atoms with Crippen LogP contribution in [0.2, 0.25) is 18.1 Å². The van der Waals surface area contributed by atoms with Gasteiger partial charge < -0.3 is 34.6 Å². The SMILES string of the molecule is CC(=O)OC1C(CO[Si](C)(C)C(C)(C)C)OC(n2cc3c4c(ncnc42)NC(=O)C=C3N)C1(C)O. The third-order valence-electron chi connectivity index (χ3n) is 7.13. The Balaban J connectivity index is 1.76. The molecular weight excluding hydrogens is 470 g/mol. The Kier molecular flexibility index (Phi) is 6.07. The van der Waals surface area contributed by atoms with Crippen molar-refractivity contribution < 1.29 is 28.6 Å². The molecule has 4 heterocycles. The van der Waals surface area contributed by atoms with E-state index in [4.69, 9.17) is 19.6 Å². The first-order valence-corrected chi connectivity index (χ1v) is 14.4. The molecule has 2 aromatic rings. The highest BCUT2D eigenvalue weighted by Gasteiger charge is 2.57. The molecule has 11 nitrogen and oxygen atoms in total. The summed E-state index contributed by atoms with van der Waals surface area (Å²) in [5.41, 5.74) is 5.70. The maximum Gasteiger partial charge on any atom is 0.303 e. The van der Waals surface area contributed by atoms with Crippen molar-refractivity contribution in [3.05, 3.63) is 24.2 Å². The molecule has 2 aromatic heterocycles. The number of esters is 1. The fourth-order valence-electron chi connectivity index (χ4n) is 4.20. The Morgan fingerprint density at radius 2 is 2.06 bits per heavy atom. The predicted octanol–water partition coefficient (Wildman–Crippen LogP) is 2.28. The van der Waals surface area contributed by atoms with Gasteiger partial charge in [-0.2, -0.15) is 0 Å². The number of aliphatic hydroxyl groups is 1. The average Bonchev–Trinajstić information content (AvgIpc) is 3.17. The topological polar surface area (TPSA) is 151 Å². The van der Waals surface area contributed by atoms with Gasteiger partial charge in [-0.25, -0.2) is 9.97 Å². The quantitative estimate of drug-likeness (QED) is 0.412. The predicted molar refractivity (Wildman–Crippen MR) is 132 cm³/mol. The van der Waals surface area contributed by atoms with Crippen molar-refractivity contribution >= 4 is 42.7 Å². The van der Waals surface area contributed by atoms with E-state index in [0.29, 0.717) is 22.4 Å². The molecule has 1 fully saturated rings. The van der Waals surface area contributed by atoms with Crippen molar-refractivity contribution in [2.75, 3.05) is 11.9 Å². The summed E-state index contributed by atoms with van der Waals surface area (Å²) in [6.45, 7) is 13.6. The van der Waals surface area contributed by atoms with Gasteiger partial charge in [0.25, 0.3) is 5.91 Å². The molecule has 0 radical (unpaired) electrons. The molecule has 0 aliphatic carbocycles. The molecule has 2 aliphatic rings. The van der Waals surface area contributed by atoms with Crippen LogP contribution in [0, 0.1) is 0 Å². The number of nitrogens with zero attached hydrogens (tertiary/aromatic N) is 3. The number of nitrogens with two attached hydrogens (primary N) is 1. The van der Waals surface area contributed by atoms with Crippen LogP contribution >= 0.6 is 0 Å². The van der Waals surface area contributed by atoms with E-state index < -0.39 is 44.2 Å². The lowest BCUT2D eigenvalue weighted by Crippen LogP contribution is -2.49. The minimum absolute atomic E-state index is 0.0363. The summed E-state index contributed by atoms with van der Waals surface area (Å²) < 4.78 is 19.9. The van der Waals surface area contributed by atoms with Crippen molar-refractivity contribution in [1.82, 2.24) is 14.5 Å². The number of nitrogens with one attached hydrogen (secondary N) is 1. The zero-order chi connectivity index (χ0) is 25.9. The van der Waals surface area contributed by atoms with E-state index in [9.17, 15) is 14.7 Å². The van der Waals surface area contributed by atoms with Crippen LogP contribution in [0.5, 0.6) is 0 Å². The molecule has 190 valence electrons. The van der Waals surface area contributed by atoms with Crippen molar-refractivity contribution in [2.45, 2.75) is 76.8 Å². The van der Waals surface area contributed by atoms with E-state index in [1.165, 1.54) is 19.3 Å². The number of ether oxygens (including phenoxy) is 2. The molecule has 0 spiro atoms. The molecule has 4 atom stereocenters. The molecule has 0 aromatic carbocycles. The number of rotatable bonds is 5. The van der Waals surface area contributed by atoms with Gasteiger partial charge in [0.1, 0.15) is 29.5 Å². The zero-order valence-corrected chi connectivity index (χ0v) is 22.1. The second-order valence-electron chi connectivity index (χ2n) is 10.8. The number of carbonyl (C=O) groups is 2. The Morgan fingerprint density at radius 1 is 1.37 bits per heavy atom. The maximum atomic E-state index is 12.1. The summed E-state index contributed by atoms with van der Waals surface area (Å²) >= 11 is 0. The molecule has 4 rings (SSSR count). The van der Waals surface area contributed by atoms with E-state index in [1.807, 2.05) is 0 Å². The largest absolute Gasteiger partial charge is 0.456 e. The first kappa shape index (κ1) is 25.3. The lowest BCUT2D eigenvalue weighted by molar-refractivity contribution is -0.161. The van der Waals surface area contributed by atoms with Crippen molar-refractivity contribution in [1.29, 1.82) is 0 Å². The monoisotopic (exact) mass is 503 g/mol. The van der Waals surface area contributed by atoms with Crippen LogP contribution in [0.4, 0.5) is 5.82 Å². The highest BCUT2D eigenvalue weighted by molar-refractivity contribution is 6.74. The van der Waals surface area contributed by atoms with Gasteiger partial charge in [0.2, 0.25) is 0 Å². The number of amides is 1. The molecule has 2 aliphatic heterocycles. The third kappa shape index (κ3) is 4.35. The van der Waals surface area contributed by atoms with Crippen molar-refractivity contribution in [3.8, 4) is 0 Å². The summed E-state index contributed by atoms with van der Waals surface area (Å²) in [5.74, 6) is -0.631. The molecule has 0 bridgehead atoms. The minimum atomic E-state index is -2.15. The van der Waals surface area contributed by atoms with E-state index in [2.05, 4.69) is 49.1 Å². The Labute approximate surface area is 204 Å². The van der Waals surface area contributed by atoms with Crippen molar-refractivity contribution in [3.63, 3.8) is 0 Å². The van der Waals surface area contributed by atoms with Crippen molar-refractivity contribution in [2.24, 2.45) is 5.73 Å². The minimum Gasteiger partial charge on any atom is -0.456 e. The first-order chi connectivity index (χ1) is 16.1. The third-order valence-corrected chi connectivity index (χ3v) is 11.6. The van der Waals surface area contributed by atoms with Gasteiger partial charge in [-0.05, 0) is 25.1 Å². The summed E-state index contributed by atoms with van der Waals surface area (Å²) in [4.78, 5) is 32.6. The normalized spacial score (nSPS) is 26.9. The van der Waals surface area contributed by atoms with Crippen LogP contribution < -0.4 is 11.1 Å². The highest BCUT2D eigenvalue weighted by Crippen LogP contribution is 2.44. The standard InChI is InChI=1S/C23H33N5O6Si/c1-12(29)33-18-15(10-32-35(6,7)22(2,3)4)34-21(23(18,5)31)28-9-13-14(24)8-16(30)27-19-17(13)20(28)26-11-25-19/h8-9,11,15,18,21,31H,10,24H2,1-7H3,(H,25,26,27,30). The summed E-state index contributed by atoms with van der Waals surface area (Å²) in [6, 6.07) is 0. The molecular formula is C23H33N5O6Si. The lowest BCUT2D eigenvalue weighted by atomic mass is 9.96. The highest BCUT2D eigenvalue weighted by atomic mass is 28.4. The fourth-order valence-corrected chi connectivity index (χ4v) is 5.21. The molecule has 1 saturated heterocycles. The zero-order valence-electron chi connectivity index (χ0n) is 21.1. The van der Waals surface area contributed by atoms with E-state index in [0.717, 1.165) is 0 Å². The van der Waals surface area contributed by atoms with Crippen LogP contribution in [-0.2, 0) is 23.5 Å². The van der Waals surface area contributed by atoms with Crippen LogP contribution in [0.1, 0.15) is 46.4 Å². The van der Waals surface area contributed by atoms with Gasteiger partial charge >= 0.3 is 5.97 Å². The summed E-state index contributed by atoms with van der Waals surface area (Å²) in [5, 5.41) is 14.8. The summed E-state index contributed by atoms with van der Waals surface area (Å²) in [6.07, 6.45) is 1.54. The van der Waals surface area contributed by atoms with Gasteiger partial charge in [0, 0.05) is 30.5 Å². The van der Waals surface area contributed by atoms with Crippen LogP contribution in [0.15, 0.2) is 18.6 Å². The smallest absolute Gasteiger partial charge is 0.303 e. The second kappa shape index (κ2) is 8.40. The Bertz CT molecular complexity index is 1210.